The lowest BCUT2D eigenvalue weighted by Gasteiger charge is -2.04. The van der Waals surface area contributed by atoms with Crippen LogP contribution in [0.3, 0.4) is 0 Å². The molecule has 0 bridgehead atoms. The van der Waals surface area contributed by atoms with Crippen molar-refractivity contribution in [2.45, 2.75) is 6.92 Å². The van der Waals surface area contributed by atoms with Crippen LogP contribution in [0.1, 0.15) is 11.1 Å². The Kier molecular flexibility index (Phi) is 3.43. The quantitative estimate of drug-likeness (QED) is 0.589. The molecule has 0 spiro atoms. The van der Waals surface area contributed by atoms with E-state index in [4.69, 9.17) is 16.2 Å². The van der Waals surface area contributed by atoms with Crippen LogP contribution in [0, 0.1) is 6.92 Å². The summed E-state index contributed by atoms with van der Waals surface area (Å²) < 4.78 is 5.32. The number of benzene rings is 1. The van der Waals surface area contributed by atoms with E-state index in [-0.39, 0.29) is 12.6 Å². The average Bonchev–Trinajstić information content (AvgIpc) is 2.76. The molecule has 0 radical (unpaired) electrons. The van der Waals surface area contributed by atoms with Gasteiger partial charge in [0.25, 0.3) is 5.91 Å². The summed E-state index contributed by atoms with van der Waals surface area (Å²) in [5, 5.41) is 0. The van der Waals surface area contributed by atoms with E-state index in [1.54, 1.807) is 0 Å². The van der Waals surface area contributed by atoms with Crippen molar-refractivity contribution in [2.24, 2.45) is 16.5 Å². The van der Waals surface area contributed by atoms with Crippen molar-refractivity contribution >= 4 is 17.4 Å². The van der Waals surface area contributed by atoms with E-state index in [1.807, 2.05) is 31.2 Å². The number of carbonyl (C=O) groups is 1. The van der Waals surface area contributed by atoms with Gasteiger partial charge in [-0.2, -0.15) is 4.99 Å². The molecule has 94 valence electrons. The fraction of sp³-hybridized carbons (Fsp3) is 0.231. The van der Waals surface area contributed by atoms with Gasteiger partial charge in [0.1, 0.15) is 0 Å². The lowest BCUT2D eigenvalue weighted by atomic mass is 10.0. The van der Waals surface area contributed by atoms with Crippen LogP contribution in [0.15, 0.2) is 34.8 Å². The van der Waals surface area contributed by atoms with Crippen LogP contribution in [0.4, 0.5) is 0 Å². The minimum Gasteiger partial charge on any atom is -0.372 e. The number of hydrogen-bond donors (Lipinski definition) is 2. The fourth-order valence-electron chi connectivity index (χ4n) is 1.90. The summed E-state index contributed by atoms with van der Waals surface area (Å²) >= 11 is 0. The number of aryl methyl sites for hydroxylation is 1. The molecule has 0 fully saturated rings. The zero-order valence-electron chi connectivity index (χ0n) is 10.1. The molecule has 1 heterocycles. The molecule has 0 atom stereocenters. The van der Waals surface area contributed by atoms with Gasteiger partial charge in [-0.15, -0.1) is 0 Å². The maximum atomic E-state index is 11.8. The lowest BCUT2D eigenvalue weighted by Crippen LogP contribution is -2.24. The molecule has 4 N–H and O–H groups in total. The van der Waals surface area contributed by atoms with E-state index in [9.17, 15) is 4.79 Å². The van der Waals surface area contributed by atoms with Gasteiger partial charge in [-0.05, 0) is 18.1 Å². The van der Waals surface area contributed by atoms with E-state index in [1.165, 1.54) is 0 Å². The molecule has 1 amide bonds. The highest BCUT2D eigenvalue weighted by Gasteiger charge is 2.22. The second-order valence-corrected chi connectivity index (χ2v) is 4.16. The van der Waals surface area contributed by atoms with Gasteiger partial charge in [-0.1, -0.05) is 29.8 Å². The topological polar surface area (TPSA) is 90.7 Å². The summed E-state index contributed by atoms with van der Waals surface area (Å²) in [6, 6.07) is 7.89. The Morgan fingerprint density at radius 2 is 2.11 bits per heavy atom. The molecular formula is C13H15N3O2. The molecule has 0 saturated carbocycles. The second-order valence-electron chi connectivity index (χ2n) is 4.16. The van der Waals surface area contributed by atoms with Crippen molar-refractivity contribution in [3.05, 3.63) is 41.0 Å². The van der Waals surface area contributed by atoms with Crippen molar-refractivity contribution in [1.29, 1.82) is 0 Å². The summed E-state index contributed by atoms with van der Waals surface area (Å²) in [5.41, 5.74) is 13.9. The molecule has 0 aromatic heterocycles. The molecule has 1 aliphatic rings. The van der Waals surface area contributed by atoms with E-state index in [0.717, 1.165) is 16.7 Å². The number of rotatable bonds is 2. The highest BCUT2D eigenvalue weighted by Crippen LogP contribution is 2.26. The Labute approximate surface area is 105 Å². The van der Waals surface area contributed by atoms with Crippen LogP contribution in [0.25, 0.3) is 5.57 Å². The maximum absolute atomic E-state index is 11.8. The Hall–Kier alpha value is -2.14. The van der Waals surface area contributed by atoms with Gasteiger partial charge in [0.2, 0.25) is 0 Å². The molecule has 1 aliphatic heterocycles. The number of nitrogens with two attached hydrogens (primary N) is 2. The number of aliphatic imine (C=N–C) groups is 1. The highest BCUT2D eigenvalue weighted by molar-refractivity contribution is 6.07. The first-order valence-corrected chi connectivity index (χ1v) is 5.58. The largest absolute Gasteiger partial charge is 0.372 e. The van der Waals surface area contributed by atoms with Gasteiger partial charge in [0.15, 0.2) is 5.96 Å². The molecule has 0 unspecified atom stereocenters. The van der Waals surface area contributed by atoms with Gasteiger partial charge >= 0.3 is 0 Å². The third-order valence-corrected chi connectivity index (χ3v) is 2.71. The summed E-state index contributed by atoms with van der Waals surface area (Å²) in [6.07, 6.45) is 0. The van der Waals surface area contributed by atoms with Crippen molar-refractivity contribution in [2.75, 3.05) is 13.2 Å². The first kappa shape index (κ1) is 12.3. The van der Waals surface area contributed by atoms with Gasteiger partial charge < -0.3 is 16.2 Å². The van der Waals surface area contributed by atoms with Crippen LogP contribution in [-0.4, -0.2) is 25.1 Å². The molecule has 1 aromatic carbocycles. The van der Waals surface area contributed by atoms with Crippen LogP contribution < -0.4 is 11.5 Å². The third-order valence-electron chi connectivity index (χ3n) is 2.71. The predicted molar refractivity (Wildman–Crippen MR) is 69.7 cm³/mol. The first-order chi connectivity index (χ1) is 8.58. The van der Waals surface area contributed by atoms with Gasteiger partial charge in [0, 0.05) is 0 Å². The summed E-state index contributed by atoms with van der Waals surface area (Å²) in [5.74, 6) is -0.660. The van der Waals surface area contributed by atoms with E-state index in [2.05, 4.69) is 4.99 Å². The monoisotopic (exact) mass is 245 g/mol. The molecule has 2 rings (SSSR count). The van der Waals surface area contributed by atoms with Crippen molar-refractivity contribution < 1.29 is 9.53 Å². The molecular weight excluding hydrogens is 230 g/mol. The molecule has 5 heteroatoms. The normalized spacial score (nSPS) is 14.7. The van der Waals surface area contributed by atoms with Gasteiger partial charge in [-0.3, -0.25) is 4.79 Å². The Morgan fingerprint density at radius 1 is 1.33 bits per heavy atom. The Balaban J connectivity index is 2.41. The number of guanidine groups is 1. The number of carbonyl (C=O) groups excluding carboxylic acids is 1. The molecule has 0 saturated heterocycles. The van der Waals surface area contributed by atoms with Crippen LogP contribution >= 0.6 is 0 Å². The van der Waals surface area contributed by atoms with Gasteiger partial charge in [0.05, 0.1) is 18.8 Å². The smallest absolute Gasteiger partial charge is 0.278 e. The molecule has 18 heavy (non-hydrogen) atoms. The number of hydrogen-bond acceptors (Lipinski definition) is 2. The summed E-state index contributed by atoms with van der Waals surface area (Å²) in [4.78, 5) is 15.4. The number of nitrogens with zero attached hydrogens (tertiary/aromatic N) is 1. The third kappa shape index (κ3) is 2.57. The van der Waals surface area contributed by atoms with E-state index in [0.29, 0.717) is 12.2 Å². The minimum atomic E-state index is -0.427. The van der Waals surface area contributed by atoms with Crippen LogP contribution in [-0.2, 0) is 9.53 Å². The maximum Gasteiger partial charge on any atom is 0.278 e. The number of ether oxygens (including phenoxy) is 1. The minimum absolute atomic E-state index is 0.233. The molecule has 0 aliphatic carbocycles. The average molecular weight is 245 g/mol. The predicted octanol–water partition coefficient (Wildman–Crippen LogP) is 0.579. The fourth-order valence-corrected chi connectivity index (χ4v) is 1.90. The lowest BCUT2D eigenvalue weighted by molar-refractivity contribution is -0.114. The van der Waals surface area contributed by atoms with Crippen molar-refractivity contribution in [1.82, 2.24) is 0 Å². The zero-order chi connectivity index (χ0) is 13.1. The summed E-state index contributed by atoms with van der Waals surface area (Å²) in [7, 11) is 0. The SMILES string of the molecule is Cc1cccc(C2=C(C(=O)N=C(N)N)COC2)c1. The Morgan fingerprint density at radius 3 is 2.78 bits per heavy atom. The van der Waals surface area contributed by atoms with Gasteiger partial charge in [-0.25, -0.2) is 0 Å². The number of amides is 1. The van der Waals surface area contributed by atoms with E-state index >= 15 is 0 Å². The van der Waals surface area contributed by atoms with Crippen LogP contribution in [0.2, 0.25) is 0 Å². The molecule has 1 aromatic rings. The van der Waals surface area contributed by atoms with Crippen LogP contribution in [0.5, 0.6) is 0 Å². The Bertz CT molecular complexity index is 543. The molecule has 5 nitrogen and oxygen atoms in total. The second kappa shape index (κ2) is 5.01. The van der Waals surface area contributed by atoms with E-state index < -0.39 is 5.91 Å². The van der Waals surface area contributed by atoms with Crippen molar-refractivity contribution in [3.63, 3.8) is 0 Å². The standard InChI is InChI=1S/C13H15N3O2/c1-8-3-2-4-9(5-8)10-6-18-7-11(10)12(17)16-13(14)15/h2-5H,6-7H2,1H3,(H4,14,15,16,17). The summed E-state index contributed by atoms with van der Waals surface area (Å²) in [6.45, 7) is 2.65. The zero-order valence-corrected chi connectivity index (χ0v) is 10.1. The first-order valence-electron chi connectivity index (χ1n) is 5.58. The van der Waals surface area contributed by atoms with Crippen molar-refractivity contribution in [3.8, 4) is 0 Å². The highest BCUT2D eigenvalue weighted by atomic mass is 16.5.